The molecule has 5 rings (SSSR count). The van der Waals surface area contributed by atoms with Gasteiger partial charge in [0.05, 0.1) is 24.0 Å². The molecular weight excluding hydrogens is 460 g/mol. The Balaban J connectivity index is 1.45. The lowest BCUT2D eigenvalue weighted by molar-refractivity contribution is -0.308. The summed E-state index contributed by atoms with van der Waals surface area (Å²) in [5, 5.41) is 16.8. The number of carbonyl (C=O) groups excluding carboxylic acids is 2. The third-order valence-corrected chi connectivity index (χ3v) is 7.00. The average molecular weight is 486 g/mol. The highest BCUT2D eigenvalue weighted by Gasteiger charge is 2.22. The number of aromatic amines is 1. The normalized spacial score (nSPS) is 12.4. The minimum atomic E-state index is -1.40. The van der Waals surface area contributed by atoms with E-state index in [1.165, 1.54) is 0 Å². The molecule has 0 aliphatic carbocycles. The van der Waals surface area contributed by atoms with E-state index in [1.54, 1.807) is 13.1 Å². The minimum absolute atomic E-state index is 0.0414. The first-order chi connectivity index (χ1) is 17.2. The average Bonchev–Trinajstić information content (AvgIpc) is 3.38. The quantitative estimate of drug-likeness (QED) is 0.355. The highest BCUT2D eigenvalue weighted by atomic mass is 16.4. The van der Waals surface area contributed by atoms with Gasteiger partial charge in [-0.25, -0.2) is 4.79 Å². The van der Waals surface area contributed by atoms with Gasteiger partial charge in [0.15, 0.2) is 0 Å². The minimum Gasteiger partial charge on any atom is -0.548 e. The van der Waals surface area contributed by atoms with Gasteiger partial charge in [0.25, 0.3) is 0 Å². The summed E-state index contributed by atoms with van der Waals surface area (Å²) in [6, 6.07) is 8.14. The molecule has 0 unspecified atom stereocenters. The molecule has 5 aromatic rings. The van der Waals surface area contributed by atoms with Gasteiger partial charge in [-0.1, -0.05) is 18.2 Å². The van der Waals surface area contributed by atoms with Gasteiger partial charge in [0, 0.05) is 39.9 Å². The Bertz CT molecular complexity index is 1740. The zero-order chi connectivity index (χ0) is 25.7. The molecule has 184 valence electrons. The molecule has 0 aliphatic rings. The summed E-state index contributed by atoms with van der Waals surface area (Å²) in [6.07, 6.45) is 1.44. The SMILES string of the molecule is Cc1oc2c(C)c3oc(=O)c(CC(=O)N[C@@H](Cc4c[nH]c5ccccc45)C(=O)[O-])c(C)c3cc2c1C. The Hall–Kier alpha value is -4.33. The number of H-pyrrole nitrogens is 1. The molecule has 0 saturated heterocycles. The van der Waals surface area contributed by atoms with Gasteiger partial charge in [0.1, 0.15) is 16.9 Å². The number of hydrogen-bond acceptors (Lipinski definition) is 6. The topological polar surface area (TPSA) is 128 Å². The molecule has 0 bridgehead atoms. The van der Waals surface area contributed by atoms with Gasteiger partial charge in [-0.2, -0.15) is 0 Å². The second kappa shape index (κ2) is 8.71. The third-order valence-electron chi connectivity index (χ3n) is 7.00. The zero-order valence-corrected chi connectivity index (χ0v) is 20.4. The number of hydrogen-bond donors (Lipinski definition) is 2. The molecule has 0 aliphatic heterocycles. The van der Waals surface area contributed by atoms with Crippen molar-refractivity contribution in [2.75, 3.05) is 0 Å². The van der Waals surface area contributed by atoms with Crippen molar-refractivity contribution in [2.24, 2.45) is 0 Å². The molecule has 0 spiro atoms. The maximum atomic E-state index is 12.9. The maximum absolute atomic E-state index is 12.9. The van der Waals surface area contributed by atoms with Gasteiger partial charge >= 0.3 is 5.63 Å². The van der Waals surface area contributed by atoms with Crippen molar-refractivity contribution in [2.45, 2.75) is 46.6 Å². The number of benzene rings is 2. The van der Waals surface area contributed by atoms with Gasteiger partial charge in [-0.3, -0.25) is 4.79 Å². The molecule has 36 heavy (non-hydrogen) atoms. The first-order valence-corrected chi connectivity index (χ1v) is 11.7. The first kappa shape index (κ1) is 23.4. The maximum Gasteiger partial charge on any atom is 0.340 e. The van der Waals surface area contributed by atoms with Gasteiger partial charge in [-0.05, 0) is 56.5 Å². The Labute approximate surface area is 205 Å². The number of carboxylic acids is 1. The Morgan fingerprint density at radius 2 is 1.67 bits per heavy atom. The number of nitrogens with one attached hydrogen (secondary N) is 2. The van der Waals surface area contributed by atoms with Gasteiger partial charge < -0.3 is 29.0 Å². The van der Waals surface area contributed by atoms with E-state index in [1.807, 2.05) is 51.1 Å². The lowest BCUT2D eigenvalue weighted by Crippen LogP contribution is -2.49. The van der Waals surface area contributed by atoms with E-state index < -0.39 is 23.5 Å². The van der Waals surface area contributed by atoms with E-state index in [-0.39, 0.29) is 18.4 Å². The van der Waals surface area contributed by atoms with Crippen LogP contribution in [0.4, 0.5) is 0 Å². The van der Waals surface area contributed by atoms with Crippen molar-refractivity contribution < 1.29 is 23.5 Å². The predicted octanol–water partition coefficient (Wildman–Crippen LogP) is 3.27. The molecule has 0 fully saturated rings. The number of amides is 1. The van der Waals surface area contributed by atoms with E-state index in [0.29, 0.717) is 27.7 Å². The molecule has 0 saturated carbocycles. The van der Waals surface area contributed by atoms with E-state index >= 15 is 0 Å². The first-order valence-electron chi connectivity index (χ1n) is 11.7. The number of rotatable bonds is 6. The van der Waals surface area contributed by atoms with Crippen molar-refractivity contribution >= 4 is 44.7 Å². The van der Waals surface area contributed by atoms with Gasteiger partial charge in [0.2, 0.25) is 5.91 Å². The van der Waals surface area contributed by atoms with Crippen LogP contribution in [0.5, 0.6) is 0 Å². The van der Waals surface area contributed by atoms with Crippen LogP contribution < -0.4 is 16.0 Å². The molecule has 1 atom stereocenters. The molecule has 0 radical (unpaired) electrons. The van der Waals surface area contributed by atoms with Crippen molar-refractivity contribution in [3.8, 4) is 0 Å². The molecule has 3 aromatic heterocycles. The van der Waals surface area contributed by atoms with E-state index in [2.05, 4.69) is 10.3 Å². The Kier molecular flexibility index (Phi) is 5.67. The highest BCUT2D eigenvalue weighted by Crippen LogP contribution is 2.34. The van der Waals surface area contributed by atoms with Crippen LogP contribution in [0, 0.1) is 27.7 Å². The number of furan rings is 1. The molecular formula is C28H25N2O6-. The second-order valence-electron chi connectivity index (χ2n) is 9.21. The van der Waals surface area contributed by atoms with Crippen molar-refractivity contribution in [3.05, 3.63) is 80.5 Å². The zero-order valence-electron chi connectivity index (χ0n) is 20.4. The Morgan fingerprint density at radius 1 is 0.972 bits per heavy atom. The van der Waals surface area contributed by atoms with Crippen LogP contribution in [0.3, 0.4) is 0 Å². The number of carboxylic acid groups (broad SMARTS) is 1. The molecule has 8 heteroatoms. The van der Waals surface area contributed by atoms with Crippen molar-refractivity contribution in [1.82, 2.24) is 10.3 Å². The number of carbonyl (C=O) groups is 2. The van der Waals surface area contributed by atoms with E-state index in [4.69, 9.17) is 8.83 Å². The summed E-state index contributed by atoms with van der Waals surface area (Å²) in [5.74, 6) is -1.22. The molecule has 8 nitrogen and oxygen atoms in total. The Morgan fingerprint density at radius 3 is 2.42 bits per heavy atom. The van der Waals surface area contributed by atoms with Crippen LogP contribution >= 0.6 is 0 Å². The summed E-state index contributed by atoms with van der Waals surface area (Å²) >= 11 is 0. The summed E-state index contributed by atoms with van der Waals surface area (Å²) in [6.45, 7) is 7.43. The summed E-state index contributed by atoms with van der Waals surface area (Å²) in [5.41, 5.74) is 4.55. The van der Waals surface area contributed by atoms with Gasteiger partial charge in [-0.15, -0.1) is 0 Å². The monoisotopic (exact) mass is 485 g/mol. The fourth-order valence-electron chi connectivity index (χ4n) is 4.82. The standard InChI is InChI=1S/C28H26N2O6/c1-13-16(4)35-25-15(3)26-20(10-19(13)25)14(2)21(28(34)36-26)11-24(31)30-23(27(32)33)9-17-12-29-22-8-6-5-7-18(17)22/h5-8,10,12,23,29H,9,11H2,1-4H3,(H,30,31)(H,32,33)/p-1/t23-/m0/s1. The molecule has 3 heterocycles. The second-order valence-corrected chi connectivity index (χ2v) is 9.21. The fraction of sp³-hybridized carbons (Fsp3) is 0.250. The van der Waals surface area contributed by atoms with E-state index in [0.717, 1.165) is 33.2 Å². The molecule has 1 amide bonds. The molecule has 2 N–H and O–H groups in total. The summed E-state index contributed by atoms with van der Waals surface area (Å²) in [7, 11) is 0. The molecule has 2 aromatic carbocycles. The van der Waals surface area contributed by atoms with Crippen molar-refractivity contribution in [3.63, 3.8) is 0 Å². The van der Waals surface area contributed by atoms with Crippen LogP contribution in [0.25, 0.3) is 32.8 Å². The number of aryl methyl sites for hydroxylation is 4. The fourth-order valence-corrected chi connectivity index (χ4v) is 4.82. The number of para-hydroxylation sites is 1. The third kappa shape index (κ3) is 3.84. The number of aromatic nitrogens is 1. The largest absolute Gasteiger partial charge is 0.548 e. The van der Waals surface area contributed by atoms with Crippen LogP contribution in [0.15, 0.2) is 50.2 Å². The van der Waals surface area contributed by atoms with Crippen LogP contribution in [-0.2, 0) is 22.4 Å². The van der Waals surface area contributed by atoms with Crippen LogP contribution in [0.1, 0.15) is 33.6 Å². The smallest absolute Gasteiger partial charge is 0.340 e. The highest BCUT2D eigenvalue weighted by molar-refractivity contribution is 6.00. The summed E-state index contributed by atoms with van der Waals surface area (Å²) in [4.78, 5) is 40.7. The lowest BCUT2D eigenvalue weighted by Gasteiger charge is -2.20. The number of aliphatic carboxylic acids is 1. The van der Waals surface area contributed by atoms with Crippen LogP contribution in [0.2, 0.25) is 0 Å². The van der Waals surface area contributed by atoms with E-state index in [9.17, 15) is 19.5 Å². The van der Waals surface area contributed by atoms with Crippen molar-refractivity contribution in [1.29, 1.82) is 0 Å². The predicted molar refractivity (Wildman–Crippen MR) is 134 cm³/mol. The summed E-state index contributed by atoms with van der Waals surface area (Å²) < 4.78 is 11.5. The number of fused-ring (bicyclic) bond motifs is 3. The van der Waals surface area contributed by atoms with Crippen LogP contribution in [-0.4, -0.2) is 22.9 Å². The lowest BCUT2D eigenvalue weighted by atomic mass is 9.98.